The number of nitrogens with one attached hydrogen (secondary N) is 1. The van der Waals surface area contributed by atoms with Gasteiger partial charge in [0.1, 0.15) is 12.2 Å². The van der Waals surface area contributed by atoms with Gasteiger partial charge in [0, 0.05) is 24.6 Å². The Hall–Kier alpha value is -1.62. The Balaban J connectivity index is 2.08. The Bertz CT molecular complexity index is 464. The van der Waals surface area contributed by atoms with Gasteiger partial charge < -0.3 is 9.73 Å². The van der Waals surface area contributed by atoms with E-state index < -0.39 is 0 Å². The smallest absolute Gasteiger partial charge is 0.138 e. The van der Waals surface area contributed by atoms with Crippen molar-refractivity contribution in [2.75, 3.05) is 6.54 Å². The SMILES string of the molecule is CCCNC(Cc1ncnn1CCC)c1ccoc1. The predicted molar refractivity (Wildman–Crippen MR) is 73.8 cm³/mol. The van der Waals surface area contributed by atoms with Crippen LogP contribution in [0.4, 0.5) is 0 Å². The summed E-state index contributed by atoms with van der Waals surface area (Å²) in [4.78, 5) is 4.37. The molecule has 2 rings (SSSR count). The number of nitrogens with zero attached hydrogens (tertiary/aromatic N) is 3. The minimum atomic E-state index is 0.235. The number of aromatic nitrogens is 3. The lowest BCUT2D eigenvalue weighted by Gasteiger charge is -2.17. The summed E-state index contributed by atoms with van der Waals surface area (Å²) in [5.41, 5.74) is 1.17. The lowest BCUT2D eigenvalue weighted by molar-refractivity contribution is 0.481. The Labute approximate surface area is 114 Å². The first-order chi connectivity index (χ1) is 9.35. The van der Waals surface area contributed by atoms with Crippen LogP contribution < -0.4 is 5.32 Å². The van der Waals surface area contributed by atoms with Crippen LogP contribution in [0.5, 0.6) is 0 Å². The molecule has 0 saturated heterocycles. The van der Waals surface area contributed by atoms with E-state index in [1.54, 1.807) is 18.9 Å². The molecule has 1 unspecified atom stereocenters. The van der Waals surface area contributed by atoms with Gasteiger partial charge >= 0.3 is 0 Å². The first-order valence-electron chi connectivity index (χ1n) is 6.97. The van der Waals surface area contributed by atoms with E-state index in [-0.39, 0.29) is 6.04 Å². The maximum atomic E-state index is 5.19. The van der Waals surface area contributed by atoms with Gasteiger partial charge in [-0.2, -0.15) is 5.10 Å². The summed E-state index contributed by atoms with van der Waals surface area (Å²) in [6, 6.07) is 2.24. The minimum Gasteiger partial charge on any atom is -0.472 e. The molecule has 5 nitrogen and oxygen atoms in total. The van der Waals surface area contributed by atoms with Crippen molar-refractivity contribution in [2.24, 2.45) is 0 Å². The first kappa shape index (κ1) is 13.8. The number of rotatable bonds is 8. The molecule has 0 bridgehead atoms. The maximum Gasteiger partial charge on any atom is 0.138 e. The molecule has 1 N–H and O–H groups in total. The molecule has 1 atom stereocenters. The average Bonchev–Trinajstić information content (AvgIpc) is 3.06. The fourth-order valence-corrected chi connectivity index (χ4v) is 2.13. The third-order valence-electron chi connectivity index (χ3n) is 3.10. The van der Waals surface area contributed by atoms with Crippen molar-refractivity contribution in [3.63, 3.8) is 0 Å². The zero-order chi connectivity index (χ0) is 13.5. The molecule has 0 spiro atoms. The van der Waals surface area contributed by atoms with Crippen molar-refractivity contribution in [1.29, 1.82) is 0 Å². The molecule has 0 amide bonds. The zero-order valence-electron chi connectivity index (χ0n) is 11.7. The van der Waals surface area contributed by atoms with Crippen LogP contribution in [0, 0.1) is 0 Å². The Morgan fingerprint density at radius 1 is 1.37 bits per heavy atom. The monoisotopic (exact) mass is 262 g/mol. The highest BCUT2D eigenvalue weighted by Gasteiger charge is 2.16. The van der Waals surface area contributed by atoms with Crippen molar-refractivity contribution in [3.05, 3.63) is 36.3 Å². The van der Waals surface area contributed by atoms with Crippen molar-refractivity contribution >= 4 is 0 Å². The molecule has 2 heterocycles. The van der Waals surface area contributed by atoms with Crippen molar-refractivity contribution < 1.29 is 4.42 Å². The van der Waals surface area contributed by atoms with Crippen LogP contribution in [0.25, 0.3) is 0 Å². The standard InChI is InChI=1S/C14H22N4O/c1-3-6-15-13(12-5-8-19-10-12)9-14-16-11-17-18(14)7-4-2/h5,8,10-11,13,15H,3-4,6-7,9H2,1-2H3. The molecule has 0 radical (unpaired) electrons. The lowest BCUT2D eigenvalue weighted by Crippen LogP contribution is -2.25. The summed E-state index contributed by atoms with van der Waals surface area (Å²) in [6.07, 6.45) is 8.16. The fourth-order valence-electron chi connectivity index (χ4n) is 2.13. The first-order valence-corrected chi connectivity index (χ1v) is 6.97. The highest BCUT2D eigenvalue weighted by molar-refractivity contribution is 5.13. The molecule has 0 saturated carbocycles. The number of furan rings is 1. The summed E-state index contributed by atoms with van der Waals surface area (Å²) in [6.45, 7) is 6.21. The Kier molecular flexibility index (Phi) is 5.15. The molecule has 19 heavy (non-hydrogen) atoms. The molecule has 0 aliphatic carbocycles. The summed E-state index contributed by atoms with van der Waals surface area (Å²) in [5.74, 6) is 1.02. The van der Waals surface area contributed by atoms with Crippen molar-refractivity contribution in [1.82, 2.24) is 20.1 Å². The van der Waals surface area contributed by atoms with Gasteiger partial charge in [0.15, 0.2) is 0 Å². The van der Waals surface area contributed by atoms with E-state index in [1.807, 2.05) is 10.7 Å². The largest absolute Gasteiger partial charge is 0.472 e. The van der Waals surface area contributed by atoms with E-state index in [0.717, 1.165) is 38.2 Å². The molecule has 104 valence electrons. The molecule has 0 aliphatic heterocycles. The number of aryl methyl sites for hydroxylation is 1. The molecular formula is C14H22N4O. The molecule has 0 aromatic carbocycles. The fraction of sp³-hybridized carbons (Fsp3) is 0.571. The highest BCUT2D eigenvalue weighted by atomic mass is 16.3. The van der Waals surface area contributed by atoms with Crippen LogP contribution in [-0.4, -0.2) is 21.3 Å². The Morgan fingerprint density at radius 2 is 2.26 bits per heavy atom. The molecule has 0 aliphatic rings. The minimum absolute atomic E-state index is 0.235. The average molecular weight is 262 g/mol. The van der Waals surface area contributed by atoms with Crippen LogP contribution in [0.3, 0.4) is 0 Å². The normalized spacial score (nSPS) is 12.7. The summed E-state index contributed by atoms with van der Waals surface area (Å²) in [7, 11) is 0. The van der Waals surface area contributed by atoms with Crippen molar-refractivity contribution in [3.8, 4) is 0 Å². The van der Waals surface area contributed by atoms with Gasteiger partial charge in [-0.05, 0) is 25.5 Å². The van der Waals surface area contributed by atoms with Gasteiger partial charge in [-0.3, -0.25) is 4.68 Å². The second kappa shape index (κ2) is 7.09. The molecule has 5 heteroatoms. The second-order valence-electron chi connectivity index (χ2n) is 4.67. The summed E-state index contributed by atoms with van der Waals surface area (Å²) in [5, 5.41) is 7.81. The lowest BCUT2D eigenvalue weighted by atomic mass is 10.1. The highest BCUT2D eigenvalue weighted by Crippen LogP contribution is 2.18. The topological polar surface area (TPSA) is 55.9 Å². The van der Waals surface area contributed by atoms with Crippen LogP contribution in [0.2, 0.25) is 0 Å². The van der Waals surface area contributed by atoms with Gasteiger partial charge in [-0.25, -0.2) is 4.98 Å². The quantitative estimate of drug-likeness (QED) is 0.794. The van der Waals surface area contributed by atoms with Crippen LogP contribution >= 0.6 is 0 Å². The van der Waals surface area contributed by atoms with Crippen LogP contribution in [0.15, 0.2) is 29.3 Å². The number of hydrogen-bond donors (Lipinski definition) is 1. The van der Waals surface area contributed by atoms with Gasteiger partial charge in [0.05, 0.1) is 12.5 Å². The van der Waals surface area contributed by atoms with E-state index in [9.17, 15) is 0 Å². The molecule has 2 aromatic rings. The zero-order valence-corrected chi connectivity index (χ0v) is 11.7. The van der Waals surface area contributed by atoms with E-state index in [0.29, 0.717) is 0 Å². The molecule has 2 aromatic heterocycles. The predicted octanol–water partition coefficient (Wildman–Crippen LogP) is 2.56. The maximum absolute atomic E-state index is 5.19. The third kappa shape index (κ3) is 3.67. The summed E-state index contributed by atoms with van der Waals surface area (Å²) < 4.78 is 7.18. The van der Waals surface area contributed by atoms with Crippen LogP contribution in [0.1, 0.15) is 44.1 Å². The molecular weight excluding hydrogens is 240 g/mol. The number of hydrogen-bond acceptors (Lipinski definition) is 4. The van der Waals surface area contributed by atoms with E-state index in [2.05, 4.69) is 29.2 Å². The van der Waals surface area contributed by atoms with E-state index in [1.165, 1.54) is 5.56 Å². The molecule has 0 fully saturated rings. The summed E-state index contributed by atoms with van der Waals surface area (Å²) >= 11 is 0. The van der Waals surface area contributed by atoms with E-state index >= 15 is 0 Å². The Morgan fingerprint density at radius 3 is 2.95 bits per heavy atom. The van der Waals surface area contributed by atoms with Gasteiger partial charge in [0.25, 0.3) is 0 Å². The third-order valence-corrected chi connectivity index (χ3v) is 3.10. The van der Waals surface area contributed by atoms with Gasteiger partial charge in [0.2, 0.25) is 0 Å². The van der Waals surface area contributed by atoms with Gasteiger partial charge in [-0.15, -0.1) is 0 Å². The van der Waals surface area contributed by atoms with Crippen molar-refractivity contribution in [2.45, 2.75) is 45.7 Å². The van der Waals surface area contributed by atoms with E-state index in [4.69, 9.17) is 4.42 Å². The van der Waals surface area contributed by atoms with Gasteiger partial charge in [-0.1, -0.05) is 13.8 Å². The van der Waals surface area contributed by atoms with Crippen LogP contribution in [-0.2, 0) is 13.0 Å². The second-order valence-corrected chi connectivity index (χ2v) is 4.67.